The summed E-state index contributed by atoms with van der Waals surface area (Å²) >= 11 is 0. The number of fused-ring (bicyclic) bond motifs is 2. The molecule has 1 aliphatic carbocycles. The number of piperazine rings is 1. The van der Waals surface area contributed by atoms with Crippen molar-refractivity contribution in [2.45, 2.75) is 18.9 Å². The molecular formula is C22H24N2O2. The third-order valence-corrected chi connectivity index (χ3v) is 5.78. The topological polar surface area (TPSA) is 24.9 Å². The summed E-state index contributed by atoms with van der Waals surface area (Å²) in [6, 6.07) is 15.7. The van der Waals surface area contributed by atoms with Gasteiger partial charge in [-0.25, -0.2) is 0 Å². The molecule has 0 amide bonds. The van der Waals surface area contributed by atoms with Gasteiger partial charge >= 0.3 is 0 Å². The van der Waals surface area contributed by atoms with Crippen molar-refractivity contribution < 1.29 is 9.47 Å². The van der Waals surface area contributed by atoms with Gasteiger partial charge in [-0.05, 0) is 42.2 Å². The number of nitrogens with zero attached hydrogens (tertiary/aromatic N) is 2. The van der Waals surface area contributed by atoms with Gasteiger partial charge in [-0.2, -0.15) is 0 Å². The Morgan fingerprint density at radius 1 is 0.846 bits per heavy atom. The molecule has 134 valence electrons. The molecule has 5 rings (SSSR count). The highest BCUT2D eigenvalue weighted by molar-refractivity contribution is 5.65. The standard InChI is InChI=1S/C22H24N2O2/c1-2-6-18-16-19(15-17(18)5-1)23-9-11-24(12-10-23)20-7-3-8-21-22(20)26-14-4-13-25-21/h1-8,14,19H,9-13,15-16H2. The molecule has 4 nitrogen and oxygen atoms in total. The highest BCUT2D eigenvalue weighted by atomic mass is 16.5. The largest absolute Gasteiger partial charge is 0.485 e. The summed E-state index contributed by atoms with van der Waals surface area (Å²) in [5.74, 6) is 1.68. The molecule has 4 heteroatoms. The Balaban J connectivity index is 1.28. The van der Waals surface area contributed by atoms with Gasteiger partial charge < -0.3 is 14.4 Å². The van der Waals surface area contributed by atoms with Crippen LogP contribution in [0.1, 0.15) is 11.1 Å². The molecule has 0 unspecified atom stereocenters. The van der Waals surface area contributed by atoms with Crippen LogP contribution in [-0.2, 0) is 12.8 Å². The van der Waals surface area contributed by atoms with Crippen molar-refractivity contribution in [3.8, 4) is 11.5 Å². The number of para-hydroxylation sites is 1. The Morgan fingerprint density at radius 3 is 2.38 bits per heavy atom. The highest BCUT2D eigenvalue weighted by Crippen LogP contribution is 2.39. The Bertz CT molecular complexity index is 800. The molecule has 0 aromatic heterocycles. The predicted molar refractivity (Wildman–Crippen MR) is 103 cm³/mol. The van der Waals surface area contributed by atoms with Gasteiger partial charge in [-0.1, -0.05) is 30.3 Å². The monoisotopic (exact) mass is 348 g/mol. The van der Waals surface area contributed by atoms with Crippen molar-refractivity contribution >= 4 is 5.69 Å². The van der Waals surface area contributed by atoms with Crippen LogP contribution in [0.5, 0.6) is 11.5 Å². The number of hydrogen-bond acceptors (Lipinski definition) is 4. The molecule has 1 fully saturated rings. The summed E-state index contributed by atoms with van der Waals surface area (Å²) in [7, 11) is 0. The summed E-state index contributed by atoms with van der Waals surface area (Å²) in [5, 5.41) is 0. The highest BCUT2D eigenvalue weighted by Gasteiger charge is 2.30. The fourth-order valence-corrected chi connectivity index (χ4v) is 4.40. The first-order valence-corrected chi connectivity index (χ1v) is 9.52. The number of rotatable bonds is 2. The van der Waals surface area contributed by atoms with Crippen LogP contribution in [0.15, 0.2) is 54.8 Å². The molecule has 0 spiro atoms. The van der Waals surface area contributed by atoms with E-state index < -0.39 is 0 Å². The Kier molecular flexibility index (Phi) is 4.06. The zero-order chi connectivity index (χ0) is 17.3. The van der Waals surface area contributed by atoms with E-state index in [-0.39, 0.29) is 0 Å². The van der Waals surface area contributed by atoms with Crippen LogP contribution in [0.4, 0.5) is 5.69 Å². The Labute approximate surface area is 154 Å². The van der Waals surface area contributed by atoms with Crippen LogP contribution >= 0.6 is 0 Å². The predicted octanol–water partition coefficient (Wildman–Crippen LogP) is 3.26. The van der Waals surface area contributed by atoms with E-state index in [1.807, 2.05) is 12.1 Å². The second kappa shape index (κ2) is 6.69. The Morgan fingerprint density at radius 2 is 1.62 bits per heavy atom. The fraction of sp³-hybridized carbons (Fsp3) is 0.364. The first-order valence-electron chi connectivity index (χ1n) is 9.52. The minimum atomic E-state index is 0.562. The maximum atomic E-state index is 5.84. The van der Waals surface area contributed by atoms with Crippen molar-refractivity contribution in [3.63, 3.8) is 0 Å². The Hall–Kier alpha value is -2.46. The normalized spacial score (nSPS) is 20.1. The zero-order valence-electron chi connectivity index (χ0n) is 14.9. The van der Waals surface area contributed by atoms with E-state index in [0.29, 0.717) is 12.6 Å². The zero-order valence-corrected chi connectivity index (χ0v) is 14.9. The molecule has 0 atom stereocenters. The molecule has 3 aliphatic rings. The summed E-state index contributed by atoms with van der Waals surface area (Å²) in [6.07, 6.45) is 6.03. The summed E-state index contributed by atoms with van der Waals surface area (Å²) in [6.45, 7) is 4.80. The molecule has 2 aromatic carbocycles. The third-order valence-electron chi connectivity index (χ3n) is 5.78. The number of anilines is 1. The number of hydrogen-bond donors (Lipinski definition) is 0. The fourth-order valence-electron chi connectivity index (χ4n) is 4.40. The maximum Gasteiger partial charge on any atom is 0.191 e. The van der Waals surface area contributed by atoms with Crippen LogP contribution < -0.4 is 14.4 Å². The van der Waals surface area contributed by atoms with Crippen LogP contribution in [0.25, 0.3) is 0 Å². The molecule has 2 aromatic rings. The summed E-state index contributed by atoms with van der Waals surface area (Å²) in [5.41, 5.74) is 4.21. The van der Waals surface area contributed by atoms with Gasteiger partial charge in [0.1, 0.15) is 6.61 Å². The maximum absolute atomic E-state index is 5.84. The summed E-state index contributed by atoms with van der Waals surface area (Å²) < 4.78 is 11.6. The lowest BCUT2D eigenvalue weighted by Gasteiger charge is -2.39. The van der Waals surface area contributed by atoms with Crippen LogP contribution in [0.2, 0.25) is 0 Å². The van der Waals surface area contributed by atoms with E-state index in [1.54, 1.807) is 6.26 Å². The lowest BCUT2D eigenvalue weighted by Crippen LogP contribution is -2.50. The minimum absolute atomic E-state index is 0.562. The molecule has 1 saturated heterocycles. The van der Waals surface area contributed by atoms with Crippen molar-refractivity contribution in [3.05, 3.63) is 65.9 Å². The lowest BCUT2D eigenvalue weighted by molar-refractivity contribution is 0.190. The van der Waals surface area contributed by atoms with Crippen molar-refractivity contribution in [1.82, 2.24) is 4.90 Å². The minimum Gasteiger partial charge on any atom is -0.485 e. The van der Waals surface area contributed by atoms with Gasteiger partial charge in [0, 0.05) is 32.2 Å². The van der Waals surface area contributed by atoms with E-state index in [4.69, 9.17) is 9.47 Å². The second-order valence-electron chi connectivity index (χ2n) is 7.26. The van der Waals surface area contributed by atoms with Crippen molar-refractivity contribution in [2.75, 3.05) is 37.7 Å². The first kappa shape index (κ1) is 15.8. The van der Waals surface area contributed by atoms with Gasteiger partial charge in [-0.3, -0.25) is 4.90 Å². The average Bonchev–Trinajstić information content (AvgIpc) is 2.98. The van der Waals surface area contributed by atoms with Gasteiger partial charge in [0.05, 0.1) is 11.9 Å². The number of benzene rings is 2. The van der Waals surface area contributed by atoms with Crippen LogP contribution in [0.3, 0.4) is 0 Å². The molecule has 0 radical (unpaired) electrons. The lowest BCUT2D eigenvalue weighted by atomic mass is 10.1. The van der Waals surface area contributed by atoms with Crippen molar-refractivity contribution in [1.29, 1.82) is 0 Å². The molecular weight excluding hydrogens is 324 g/mol. The quantitative estimate of drug-likeness (QED) is 0.832. The molecule has 0 N–H and O–H groups in total. The van der Waals surface area contributed by atoms with E-state index >= 15 is 0 Å². The van der Waals surface area contributed by atoms with E-state index in [9.17, 15) is 0 Å². The van der Waals surface area contributed by atoms with Gasteiger partial charge in [0.15, 0.2) is 11.5 Å². The van der Waals surface area contributed by atoms with Crippen LogP contribution in [0, 0.1) is 0 Å². The van der Waals surface area contributed by atoms with E-state index in [2.05, 4.69) is 46.2 Å². The van der Waals surface area contributed by atoms with Gasteiger partial charge in [0.2, 0.25) is 0 Å². The molecule has 2 heterocycles. The SMILES string of the molecule is C1=COc2c(cccc2N2CCN(C3Cc4ccccc4C3)CC2)OC1. The first-order chi connectivity index (χ1) is 12.9. The molecule has 0 bridgehead atoms. The third kappa shape index (κ3) is 2.84. The van der Waals surface area contributed by atoms with Crippen LogP contribution in [-0.4, -0.2) is 43.7 Å². The number of ether oxygens (including phenoxy) is 2. The van der Waals surface area contributed by atoms with E-state index in [1.165, 1.54) is 24.0 Å². The van der Waals surface area contributed by atoms with E-state index in [0.717, 1.165) is 43.4 Å². The molecule has 0 saturated carbocycles. The van der Waals surface area contributed by atoms with Crippen molar-refractivity contribution in [2.24, 2.45) is 0 Å². The molecule has 2 aliphatic heterocycles. The second-order valence-corrected chi connectivity index (χ2v) is 7.26. The smallest absolute Gasteiger partial charge is 0.191 e. The average molecular weight is 348 g/mol. The molecule has 26 heavy (non-hydrogen) atoms. The summed E-state index contributed by atoms with van der Waals surface area (Å²) in [4.78, 5) is 5.09. The van der Waals surface area contributed by atoms with Gasteiger partial charge in [0.25, 0.3) is 0 Å². The van der Waals surface area contributed by atoms with Gasteiger partial charge in [-0.15, -0.1) is 0 Å².